The van der Waals surface area contributed by atoms with Crippen LogP contribution in [0.15, 0.2) is 18.2 Å². The van der Waals surface area contributed by atoms with Crippen molar-refractivity contribution in [1.82, 2.24) is 4.90 Å². The molecule has 1 N–H and O–H groups in total. The van der Waals surface area contributed by atoms with E-state index in [1.807, 2.05) is 18.2 Å². The summed E-state index contributed by atoms with van der Waals surface area (Å²) in [4.78, 5) is 2.31. The molecule has 2 rings (SSSR count). The molecule has 1 fully saturated rings. The molecule has 0 bridgehead atoms. The number of nitrogens with zero attached hydrogens (tertiary/aromatic N) is 1. The number of methoxy groups -OCH3 is 2. The minimum absolute atomic E-state index is 0.206. The molecule has 0 aromatic heterocycles. The predicted molar refractivity (Wildman–Crippen MR) is 70.1 cm³/mol. The van der Waals surface area contributed by atoms with Crippen molar-refractivity contribution in [3.8, 4) is 11.5 Å². The van der Waals surface area contributed by atoms with Crippen LogP contribution in [-0.4, -0.2) is 43.4 Å². The maximum absolute atomic E-state index is 9.10. The highest BCUT2D eigenvalue weighted by atomic mass is 16.5. The van der Waals surface area contributed by atoms with Gasteiger partial charge in [-0.15, -0.1) is 0 Å². The summed E-state index contributed by atoms with van der Waals surface area (Å²) in [6.07, 6.45) is 2.47. The van der Waals surface area contributed by atoms with Gasteiger partial charge in [0.1, 0.15) is 11.5 Å². The molecule has 1 aromatic rings. The summed E-state index contributed by atoms with van der Waals surface area (Å²) in [5.41, 5.74) is 1.16. The predicted octanol–water partition coefficient (Wildman–Crippen LogP) is 1.66. The Labute approximate surface area is 108 Å². The molecule has 0 atom stereocenters. The molecule has 18 heavy (non-hydrogen) atoms. The van der Waals surface area contributed by atoms with E-state index in [2.05, 4.69) is 4.90 Å². The fourth-order valence-corrected chi connectivity index (χ4v) is 2.15. The summed E-state index contributed by atoms with van der Waals surface area (Å²) in [6.45, 7) is 1.76. The van der Waals surface area contributed by atoms with Gasteiger partial charge in [0.2, 0.25) is 0 Å². The second kappa shape index (κ2) is 6.07. The van der Waals surface area contributed by atoms with Crippen LogP contribution in [0.1, 0.15) is 18.4 Å². The minimum atomic E-state index is 0.206. The lowest BCUT2D eigenvalue weighted by Crippen LogP contribution is -2.28. The number of rotatable bonds is 7. The molecule has 1 saturated carbocycles. The first-order valence-electron chi connectivity index (χ1n) is 6.33. The van der Waals surface area contributed by atoms with Gasteiger partial charge in [-0.1, -0.05) is 0 Å². The summed E-state index contributed by atoms with van der Waals surface area (Å²) in [7, 11) is 3.32. The Morgan fingerprint density at radius 3 is 2.22 bits per heavy atom. The highest BCUT2D eigenvalue weighted by Gasteiger charge is 2.28. The van der Waals surface area contributed by atoms with Gasteiger partial charge in [0.15, 0.2) is 0 Å². The second-order valence-corrected chi connectivity index (χ2v) is 4.65. The fraction of sp³-hybridized carbons (Fsp3) is 0.571. The van der Waals surface area contributed by atoms with Crippen LogP contribution in [0.5, 0.6) is 11.5 Å². The highest BCUT2D eigenvalue weighted by molar-refractivity contribution is 5.38. The van der Waals surface area contributed by atoms with Crippen molar-refractivity contribution in [2.24, 2.45) is 0 Å². The zero-order chi connectivity index (χ0) is 13.0. The van der Waals surface area contributed by atoms with E-state index in [1.165, 1.54) is 12.8 Å². The number of hydrogen-bond acceptors (Lipinski definition) is 4. The fourth-order valence-electron chi connectivity index (χ4n) is 2.15. The van der Waals surface area contributed by atoms with E-state index in [4.69, 9.17) is 14.6 Å². The Balaban J connectivity index is 2.10. The summed E-state index contributed by atoms with van der Waals surface area (Å²) in [5, 5.41) is 9.10. The summed E-state index contributed by atoms with van der Waals surface area (Å²) < 4.78 is 10.5. The third-order valence-electron chi connectivity index (χ3n) is 3.25. The number of aliphatic hydroxyl groups excluding tert-OH is 1. The van der Waals surface area contributed by atoms with Gasteiger partial charge in [-0.05, 0) is 30.5 Å². The Bertz CT molecular complexity index is 368. The average Bonchev–Trinajstić information content (AvgIpc) is 3.22. The van der Waals surface area contributed by atoms with Gasteiger partial charge in [-0.2, -0.15) is 0 Å². The quantitative estimate of drug-likeness (QED) is 0.800. The second-order valence-electron chi connectivity index (χ2n) is 4.65. The normalized spacial score (nSPS) is 14.9. The lowest BCUT2D eigenvalue weighted by Gasteiger charge is -2.21. The van der Waals surface area contributed by atoms with Crippen molar-refractivity contribution in [1.29, 1.82) is 0 Å². The van der Waals surface area contributed by atoms with Gasteiger partial charge in [-0.3, -0.25) is 4.90 Å². The topological polar surface area (TPSA) is 41.9 Å². The molecule has 100 valence electrons. The molecule has 0 aliphatic heterocycles. The van der Waals surface area contributed by atoms with Crippen molar-refractivity contribution in [3.63, 3.8) is 0 Å². The Morgan fingerprint density at radius 2 is 1.78 bits per heavy atom. The maximum Gasteiger partial charge on any atom is 0.122 e. The molecule has 0 saturated heterocycles. The first kappa shape index (κ1) is 13.2. The third-order valence-corrected chi connectivity index (χ3v) is 3.25. The van der Waals surface area contributed by atoms with Crippen LogP contribution in [0.4, 0.5) is 0 Å². The van der Waals surface area contributed by atoms with Gasteiger partial charge < -0.3 is 14.6 Å². The molecule has 0 heterocycles. The smallest absolute Gasteiger partial charge is 0.122 e. The van der Waals surface area contributed by atoms with Crippen LogP contribution in [0.25, 0.3) is 0 Å². The molecule has 0 radical (unpaired) electrons. The molecule has 0 spiro atoms. The third kappa shape index (κ3) is 3.37. The standard InChI is InChI=1S/C14H21NO3/c1-17-13-7-11(8-14(9-13)18-2)10-15(5-6-16)12-3-4-12/h7-9,12,16H,3-6,10H2,1-2H3. The van der Waals surface area contributed by atoms with Crippen molar-refractivity contribution in [2.45, 2.75) is 25.4 Å². The lowest BCUT2D eigenvalue weighted by molar-refractivity contribution is 0.183. The van der Waals surface area contributed by atoms with Crippen LogP contribution in [-0.2, 0) is 6.54 Å². The number of hydrogen-bond donors (Lipinski definition) is 1. The van der Waals surface area contributed by atoms with Crippen LogP contribution >= 0.6 is 0 Å². The maximum atomic E-state index is 9.10. The van der Waals surface area contributed by atoms with E-state index < -0.39 is 0 Å². The van der Waals surface area contributed by atoms with Gasteiger partial charge in [-0.25, -0.2) is 0 Å². The number of ether oxygens (including phenoxy) is 2. The molecule has 4 heteroatoms. The zero-order valence-electron chi connectivity index (χ0n) is 11.1. The van der Waals surface area contributed by atoms with E-state index in [9.17, 15) is 0 Å². The molecule has 1 aromatic carbocycles. The van der Waals surface area contributed by atoms with Crippen molar-refractivity contribution in [3.05, 3.63) is 23.8 Å². The molecule has 1 aliphatic carbocycles. The number of benzene rings is 1. The SMILES string of the molecule is COc1cc(CN(CCO)C2CC2)cc(OC)c1. The zero-order valence-corrected chi connectivity index (χ0v) is 11.1. The van der Waals surface area contributed by atoms with E-state index in [1.54, 1.807) is 14.2 Å². The lowest BCUT2D eigenvalue weighted by atomic mass is 10.2. The summed E-state index contributed by atoms with van der Waals surface area (Å²) in [5.74, 6) is 1.62. The summed E-state index contributed by atoms with van der Waals surface area (Å²) in [6, 6.07) is 6.55. The molecule has 0 unspecified atom stereocenters. The monoisotopic (exact) mass is 251 g/mol. The Kier molecular flexibility index (Phi) is 4.44. The first-order valence-corrected chi connectivity index (χ1v) is 6.33. The van der Waals surface area contributed by atoms with Crippen LogP contribution in [0.2, 0.25) is 0 Å². The Morgan fingerprint density at radius 1 is 1.17 bits per heavy atom. The molecule has 4 nitrogen and oxygen atoms in total. The average molecular weight is 251 g/mol. The minimum Gasteiger partial charge on any atom is -0.497 e. The summed E-state index contributed by atoms with van der Waals surface area (Å²) >= 11 is 0. The van der Waals surface area contributed by atoms with Gasteiger partial charge in [0.05, 0.1) is 20.8 Å². The van der Waals surface area contributed by atoms with E-state index >= 15 is 0 Å². The van der Waals surface area contributed by atoms with Gasteiger partial charge in [0, 0.05) is 25.2 Å². The van der Waals surface area contributed by atoms with Crippen molar-refractivity contribution in [2.75, 3.05) is 27.4 Å². The van der Waals surface area contributed by atoms with E-state index in [-0.39, 0.29) is 6.61 Å². The number of aliphatic hydroxyl groups is 1. The van der Waals surface area contributed by atoms with Gasteiger partial charge >= 0.3 is 0 Å². The first-order chi connectivity index (χ1) is 8.76. The molecular weight excluding hydrogens is 230 g/mol. The molecular formula is C14H21NO3. The van der Waals surface area contributed by atoms with Crippen molar-refractivity contribution >= 4 is 0 Å². The van der Waals surface area contributed by atoms with E-state index in [0.717, 1.165) is 30.2 Å². The highest BCUT2D eigenvalue weighted by Crippen LogP contribution is 2.30. The van der Waals surface area contributed by atoms with Gasteiger partial charge in [0.25, 0.3) is 0 Å². The molecule has 0 amide bonds. The Hall–Kier alpha value is -1.26. The van der Waals surface area contributed by atoms with Crippen LogP contribution in [0.3, 0.4) is 0 Å². The van der Waals surface area contributed by atoms with Crippen LogP contribution in [0, 0.1) is 0 Å². The molecule has 1 aliphatic rings. The van der Waals surface area contributed by atoms with E-state index in [0.29, 0.717) is 6.04 Å². The van der Waals surface area contributed by atoms with Crippen molar-refractivity contribution < 1.29 is 14.6 Å². The van der Waals surface area contributed by atoms with Crippen LogP contribution < -0.4 is 9.47 Å². The largest absolute Gasteiger partial charge is 0.497 e.